The third kappa shape index (κ3) is 63.2. The molecule has 0 fully saturated rings. The number of carbonyl (C=O) groups is 2. The molecule has 2 unspecified atom stereocenters. The number of esters is 2. The fourth-order valence-electron chi connectivity index (χ4n) is 8.09. The van der Waals surface area contributed by atoms with Gasteiger partial charge in [0.25, 0.3) is 7.82 Å². The van der Waals surface area contributed by atoms with Crippen LogP contribution in [0.15, 0.2) is 134 Å². The second-order valence-electron chi connectivity index (χ2n) is 21.7. The largest absolute Gasteiger partial charge is 0.756 e. The first-order valence-electron chi connectivity index (χ1n) is 31.4. The molecule has 0 aliphatic heterocycles. The Bertz CT molecular complexity index is 1790. The molecule has 79 heavy (non-hydrogen) atoms. The molecule has 450 valence electrons. The van der Waals surface area contributed by atoms with Crippen molar-refractivity contribution in [2.45, 2.75) is 245 Å². The number of ether oxygens (including phenoxy) is 2. The molecule has 0 saturated carbocycles. The van der Waals surface area contributed by atoms with E-state index in [0.717, 1.165) is 116 Å². The minimum Gasteiger partial charge on any atom is -0.756 e. The minimum absolute atomic E-state index is 0.0398. The molecule has 0 spiro atoms. The van der Waals surface area contributed by atoms with E-state index >= 15 is 0 Å². The highest BCUT2D eigenvalue weighted by atomic mass is 31.2. The molecule has 0 radical (unpaired) electrons. The minimum atomic E-state index is -4.65. The molecule has 0 aliphatic rings. The topological polar surface area (TPSA) is 111 Å². The summed E-state index contributed by atoms with van der Waals surface area (Å²) >= 11 is 0. The lowest BCUT2D eigenvalue weighted by atomic mass is 10.1. The predicted octanol–water partition coefficient (Wildman–Crippen LogP) is 19.5. The van der Waals surface area contributed by atoms with Crippen molar-refractivity contribution >= 4 is 19.8 Å². The number of hydrogen-bond donors (Lipinski definition) is 0. The number of carbonyl (C=O) groups excluding carboxylic acids is 2. The number of rotatable bonds is 56. The molecule has 2 atom stereocenters. The standard InChI is InChI=1S/C69H116NO8P/c1-6-8-10-12-14-16-18-20-22-24-26-27-28-29-30-31-32-33-34-35-36-37-38-39-40-41-42-43-44-46-48-50-52-54-56-58-60-62-69(72)78-67(66-77-79(73,74)76-64-63-70(3,4)5)65-75-68(71)61-59-57-55-53-51-49-47-45-25-23-21-19-17-15-13-11-9-7-2/h8,10,14,16-17,19-20,22-23,25-27,29-30,32-33,35-36,38-39,41-42,67H,6-7,9,11-13,15,18,21,24,28,31,34,37,40,43-66H2,1-5H3/b10-8-,16-14-,19-17-,22-20-,25-23-,27-26-,30-29-,33-32-,36-35-,39-38-,42-41-. The zero-order valence-electron chi connectivity index (χ0n) is 51.0. The molecule has 0 bridgehead atoms. The van der Waals surface area contributed by atoms with E-state index < -0.39 is 32.5 Å². The van der Waals surface area contributed by atoms with E-state index in [2.05, 4.69) is 148 Å². The van der Waals surface area contributed by atoms with Gasteiger partial charge in [-0.2, -0.15) is 0 Å². The van der Waals surface area contributed by atoms with Gasteiger partial charge < -0.3 is 27.9 Å². The van der Waals surface area contributed by atoms with Gasteiger partial charge in [0.05, 0.1) is 27.7 Å². The van der Waals surface area contributed by atoms with Gasteiger partial charge in [-0.15, -0.1) is 0 Å². The second kappa shape index (κ2) is 58.8. The summed E-state index contributed by atoms with van der Waals surface area (Å²) in [6, 6.07) is 0. The zero-order chi connectivity index (χ0) is 57.7. The fraction of sp³-hybridized carbons (Fsp3) is 0.652. The molecule has 0 N–H and O–H groups in total. The van der Waals surface area contributed by atoms with Gasteiger partial charge in [-0.05, 0) is 116 Å². The van der Waals surface area contributed by atoms with Crippen LogP contribution in [0.3, 0.4) is 0 Å². The Labute approximate surface area is 485 Å². The summed E-state index contributed by atoms with van der Waals surface area (Å²) in [4.78, 5) is 37.9. The number of quaternary nitrogens is 1. The van der Waals surface area contributed by atoms with Crippen LogP contribution in [-0.4, -0.2) is 70.0 Å². The van der Waals surface area contributed by atoms with Crippen LogP contribution in [0.5, 0.6) is 0 Å². The van der Waals surface area contributed by atoms with Gasteiger partial charge in [0, 0.05) is 12.8 Å². The van der Waals surface area contributed by atoms with Crippen molar-refractivity contribution in [2.75, 3.05) is 47.5 Å². The number of hydrogen-bond acceptors (Lipinski definition) is 8. The summed E-state index contributed by atoms with van der Waals surface area (Å²) in [5.74, 6) is -0.855. The average molecular weight is 1120 g/mol. The number of allylic oxidation sites excluding steroid dienone is 22. The van der Waals surface area contributed by atoms with Crippen molar-refractivity contribution in [1.29, 1.82) is 0 Å². The first-order chi connectivity index (χ1) is 38.5. The Morgan fingerprint density at radius 2 is 0.722 bits per heavy atom. The van der Waals surface area contributed by atoms with Gasteiger partial charge in [0.15, 0.2) is 6.10 Å². The maximum atomic E-state index is 12.8. The van der Waals surface area contributed by atoms with Crippen molar-refractivity contribution in [2.24, 2.45) is 0 Å². The van der Waals surface area contributed by atoms with Gasteiger partial charge in [-0.1, -0.05) is 244 Å². The third-order valence-corrected chi connectivity index (χ3v) is 13.9. The average Bonchev–Trinajstić information content (AvgIpc) is 3.41. The van der Waals surface area contributed by atoms with Crippen LogP contribution in [0.2, 0.25) is 0 Å². The maximum Gasteiger partial charge on any atom is 0.306 e. The fourth-order valence-corrected chi connectivity index (χ4v) is 8.82. The van der Waals surface area contributed by atoms with Crippen molar-refractivity contribution in [1.82, 2.24) is 0 Å². The van der Waals surface area contributed by atoms with Crippen molar-refractivity contribution < 1.29 is 42.1 Å². The van der Waals surface area contributed by atoms with E-state index in [0.29, 0.717) is 23.9 Å². The molecule has 0 aliphatic carbocycles. The summed E-state index contributed by atoms with van der Waals surface area (Å²) in [6.45, 7) is 4.08. The van der Waals surface area contributed by atoms with Crippen molar-refractivity contribution in [3.8, 4) is 0 Å². The smallest absolute Gasteiger partial charge is 0.306 e. The predicted molar refractivity (Wildman–Crippen MR) is 337 cm³/mol. The molecule has 0 aromatic rings. The first-order valence-corrected chi connectivity index (χ1v) is 32.9. The lowest BCUT2D eigenvalue weighted by Crippen LogP contribution is -2.37. The summed E-state index contributed by atoms with van der Waals surface area (Å²) < 4.78 is 34.2. The lowest BCUT2D eigenvalue weighted by molar-refractivity contribution is -0.870. The number of phosphoric acid groups is 1. The van der Waals surface area contributed by atoms with Gasteiger partial charge in [-0.3, -0.25) is 14.2 Å². The van der Waals surface area contributed by atoms with Gasteiger partial charge in [0.1, 0.15) is 19.8 Å². The highest BCUT2D eigenvalue weighted by Crippen LogP contribution is 2.38. The lowest BCUT2D eigenvalue weighted by Gasteiger charge is -2.28. The van der Waals surface area contributed by atoms with Crippen molar-refractivity contribution in [3.63, 3.8) is 0 Å². The normalized spacial score (nSPS) is 14.2. The number of nitrogens with zero attached hydrogens (tertiary/aromatic N) is 1. The number of likely N-dealkylation sites (N-methyl/N-ethyl adjacent to an activating group) is 1. The quantitative estimate of drug-likeness (QED) is 0.0195. The molecule has 0 aromatic heterocycles. The molecule has 0 aromatic carbocycles. The number of unbranched alkanes of at least 4 members (excludes halogenated alkanes) is 20. The van der Waals surface area contributed by atoms with Crippen LogP contribution in [0, 0.1) is 0 Å². The molecule has 0 saturated heterocycles. The zero-order valence-corrected chi connectivity index (χ0v) is 51.9. The molecule has 0 amide bonds. The van der Waals surface area contributed by atoms with Crippen LogP contribution in [0.4, 0.5) is 0 Å². The van der Waals surface area contributed by atoms with Gasteiger partial charge in [0.2, 0.25) is 0 Å². The van der Waals surface area contributed by atoms with Crippen LogP contribution in [0.1, 0.15) is 239 Å². The van der Waals surface area contributed by atoms with E-state index in [1.807, 2.05) is 21.1 Å². The molecule has 0 rings (SSSR count). The van der Waals surface area contributed by atoms with Crippen LogP contribution >= 0.6 is 7.82 Å². The summed E-state index contributed by atoms with van der Waals surface area (Å²) in [6.07, 6.45) is 85.0. The Balaban J connectivity index is 4.15. The van der Waals surface area contributed by atoms with Crippen molar-refractivity contribution in [3.05, 3.63) is 134 Å². The third-order valence-electron chi connectivity index (χ3n) is 12.9. The summed E-state index contributed by atoms with van der Waals surface area (Å²) in [7, 11) is 1.14. The Morgan fingerprint density at radius 3 is 1.08 bits per heavy atom. The first kappa shape index (κ1) is 75.2. The highest BCUT2D eigenvalue weighted by molar-refractivity contribution is 7.45. The molecular weight excluding hydrogens is 1000 g/mol. The van der Waals surface area contributed by atoms with E-state index in [-0.39, 0.29) is 26.1 Å². The molecule has 9 nitrogen and oxygen atoms in total. The Hall–Kier alpha value is -3.85. The molecule has 10 heteroatoms. The van der Waals surface area contributed by atoms with Crippen LogP contribution in [-0.2, 0) is 32.7 Å². The molecular formula is C69H116NO8P. The Kier molecular flexibility index (Phi) is 55.9. The highest BCUT2D eigenvalue weighted by Gasteiger charge is 2.22. The maximum absolute atomic E-state index is 12.8. The monoisotopic (exact) mass is 1120 g/mol. The van der Waals surface area contributed by atoms with Crippen LogP contribution < -0.4 is 4.89 Å². The van der Waals surface area contributed by atoms with E-state index in [4.69, 9.17) is 18.5 Å². The summed E-state index contributed by atoms with van der Waals surface area (Å²) in [5, 5.41) is 0. The molecule has 0 heterocycles. The number of phosphoric ester groups is 1. The van der Waals surface area contributed by atoms with Gasteiger partial charge in [-0.25, -0.2) is 0 Å². The SMILES string of the molecule is CC/C=C\C/C=C\C/C=C\C/C=C\C/C=C\C/C=C\C/C=C\C/C=C\C/C=C\CCCCCCCCCCCC(=O)OC(COC(=O)CCCCCCCCC/C=C\C/C=C\CCCCCC)COP(=O)([O-])OCC[N+](C)(C)C. The van der Waals surface area contributed by atoms with E-state index in [1.54, 1.807) is 0 Å². The van der Waals surface area contributed by atoms with Crippen LogP contribution in [0.25, 0.3) is 0 Å². The van der Waals surface area contributed by atoms with E-state index in [1.165, 1.54) is 83.5 Å². The van der Waals surface area contributed by atoms with E-state index in [9.17, 15) is 19.0 Å². The second-order valence-corrected chi connectivity index (χ2v) is 23.1. The Morgan fingerprint density at radius 1 is 0.405 bits per heavy atom. The summed E-state index contributed by atoms with van der Waals surface area (Å²) in [5.41, 5.74) is 0. The van der Waals surface area contributed by atoms with Gasteiger partial charge >= 0.3 is 11.9 Å².